The highest BCUT2D eigenvalue weighted by Crippen LogP contribution is 2.63. The summed E-state index contributed by atoms with van der Waals surface area (Å²) in [6.45, 7) is 6.00. The van der Waals surface area contributed by atoms with Crippen LogP contribution in [0.4, 0.5) is 0 Å². The van der Waals surface area contributed by atoms with Crippen LogP contribution >= 0.6 is 0 Å². The number of nitrogens with zero attached hydrogens (tertiary/aromatic N) is 3. The quantitative estimate of drug-likeness (QED) is 0.810. The van der Waals surface area contributed by atoms with E-state index in [2.05, 4.69) is 16.2 Å². The third-order valence-corrected chi connectivity index (χ3v) is 3.74. The molecule has 0 spiro atoms. The maximum atomic E-state index is 9.05. The molecule has 1 aliphatic rings. The molecule has 5 nitrogen and oxygen atoms in total. The van der Waals surface area contributed by atoms with Crippen LogP contribution in [0.15, 0.2) is 21.3 Å². The van der Waals surface area contributed by atoms with Crippen LogP contribution in [0.1, 0.15) is 31.2 Å². The van der Waals surface area contributed by atoms with Gasteiger partial charge in [0.05, 0.1) is 24.2 Å². The summed E-state index contributed by atoms with van der Waals surface area (Å²) in [6, 6.07) is 4.13. The number of aromatic nitrogens is 2. The zero-order valence-corrected chi connectivity index (χ0v) is 10.5. The first-order chi connectivity index (χ1) is 8.55. The van der Waals surface area contributed by atoms with Gasteiger partial charge in [-0.2, -0.15) is 10.2 Å². The Kier molecular flexibility index (Phi) is 2.11. The largest absolute Gasteiger partial charge is 0.461 e. The molecule has 1 saturated carbocycles. The van der Waals surface area contributed by atoms with Crippen LogP contribution in [-0.4, -0.2) is 10.1 Å². The number of rotatable bonds is 2. The van der Waals surface area contributed by atoms with Crippen LogP contribution in [-0.2, 0) is 0 Å². The van der Waals surface area contributed by atoms with Crippen molar-refractivity contribution in [3.05, 3.63) is 23.8 Å². The molecule has 18 heavy (non-hydrogen) atoms. The third-order valence-electron chi connectivity index (χ3n) is 3.74. The molecule has 0 saturated heterocycles. The van der Waals surface area contributed by atoms with Crippen LogP contribution in [0, 0.1) is 29.6 Å². The summed E-state index contributed by atoms with van der Waals surface area (Å²) < 4.78 is 10.6. The first-order valence-corrected chi connectivity index (χ1v) is 5.83. The van der Waals surface area contributed by atoms with Gasteiger partial charge in [0.15, 0.2) is 5.76 Å². The Balaban J connectivity index is 1.93. The van der Waals surface area contributed by atoms with E-state index in [0.29, 0.717) is 17.5 Å². The molecule has 3 rings (SSSR count). The Morgan fingerprint density at radius 1 is 1.44 bits per heavy atom. The van der Waals surface area contributed by atoms with Crippen LogP contribution < -0.4 is 0 Å². The van der Waals surface area contributed by atoms with Gasteiger partial charge in [-0.05, 0) is 24.0 Å². The summed E-state index contributed by atoms with van der Waals surface area (Å²) in [7, 11) is 0. The Bertz CT molecular complexity index is 633. The van der Waals surface area contributed by atoms with Gasteiger partial charge in [-0.25, -0.2) is 0 Å². The Morgan fingerprint density at radius 2 is 2.22 bits per heavy atom. The standard InChI is InChI=1S/C13H13N3O2/c1-7-4-5-17-10(7)11-15-12(18-16-11)9-8(6-14)13(9,2)3/h4-5,8-9H,1-3H3. The second-order valence-corrected chi connectivity index (χ2v) is 5.29. The predicted molar refractivity (Wildman–Crippen MR) is 62.4 cm³/mol. The number of hydrogen-bond acceptors (Lipinski definition) is 5. The van der Waals surface area contributed by atoms with E-state index in [1.165, 1.54) is 0 Å². The summed E-state index contributed by atoms with van der Waals surface area (Å²) in [5.41, 5.74) is 0.880. The molecule has 1 fully saturated rings. The lowest BCUT2D eigenvalue weighted by Gasteiger charge is -1.95. The average molecular weight is 243 g/mol. The fraction of sp³-hybridized carbons (Fsp3) is 0.462. The first-order valence-electron chi connectivity index (χ1n) is 5.83. The zero-order chi connectivity index (χ0) is 12.9. The van der Waals surface area contributed by atoms with E-state index in [-0.39, 0.29) is 17.3 Å². The fourth-order valence-corrected chi connectivity index (χ4v) is 2.40. The van der Waals surface area contributed by atoms with Crippen LogP contribution in [0.25, 0.3) is 11.6 Å². The number of furan rings is 1. The monoisotopic (exact) mass is 243 g/mol. The molecule has 5 heteroatoms. The van der Waals surface area contributed by atoms with E-state index in [0.717, 1.165) is 5.56 Å². The van der Waals surface area contributed by atoms with Gasteiger partial charge in [-0.15, -0.1) is 0 Å². The molecular formula is C13H13N3O2. The minimum atomic E-state index is -0.0865. The van der Waals surface area contributed by atoms with Crippen molar-refractivity contribution < 1.29 is 8.94 Å². The smallest absolute Gasteiger partial charge is 0.238 e. The van der Waals surface area contributed by atoms with Crippen LogP contribution in [0.2, 0.25) is 0 Å². The van der Waals surface area contributed by atoms with Crippen molar-refractivity contribution in [1.82, 2.24) is 10.1 Å². The molecule has 0 N–H and O–H groups in total. The highest BCUT2D eigenvalue weighted by Gasteiger charge is 2.62. The van der Waals surface area contributed by atoms with Crippen LogP contribution in [0.3, 0.4) is 0 Å². The van der Waals surface area contributed by atoms with Crippen molar-refractivity contribution in [2.45, 2.75) is 26.7 Å². The highest BCUT2D eigenvalue weighted by molar-refractivity contribution is 5.51. The molecule has 92 valence electrons. The van der Waals surface area contributed by atoms with Crippen LogP contribution in [0.5, 0.6) is 0 Å². The van der Waals surface area contributed by atoms with Crippen molar-refractivity contribution in [2.24, 2.45) is 11.3 Å². The van der Waals surface area contributed by atoms with E-state index in [1.807, 2.05) is 26.8 Å². The second kappa shape index (κ2) is 3.45. The Hall–Kier alpha value is -2.09. The van der Waals surface area contributed by atoms with Gasteiger partial charge in [0, 0.05) is 0 Å². The molecule has 2 heterocycles. The second-order valence-electron chi connectivity index (χ2n) is 5.29. The van der Waals surface area contributed by atoms with Gasteiger partial charge >= 0.3 is 0 Å². The van der Waals surface area contributed by atoms with Gasteiger partial charge in [0.2, 0.25) is 11.7 Å². The van der Waals surface area contributed by atoms with Crippen molar-refractivity contribution >= 4 is 0 Å². The van der Waals surface area contributed by atoms with E-state index >= 15 is 0 Å². The Morgan fingerprint density at radius 3 is 2.78 bits per heavy atom. The molecule has 0 aliphatic heterocycles. The Labute approximate surface area is 104 Å². The minimum absolute atomic E-state index is 0.0269. The van der Waals surface area contributed by atoms with Crippen molar-refractivity contribution in [3.63, 3.8) is 0 Å². The van der Waals surface area contributed by atoms with Gasteiger partial charge in [-0.3, -0.25) is 0 Å². The molecule has 0 aromatic carbocycles. The lowest BCUT2D eigenvalue weighted by molar-refractivity contribution is 0.367. The summed E-state index contributed by atoms with van der Waals surface area (Å²) >= 11 is 0. The maximum absolute atomic E-state index is 9.05. The summed E-state index contributed by atoms with van der Waals surface area (Å²) in [4.78, 5) is 4.35. The van der Waals surface area contributed by atoms with E-state index in [4.69, 9.17) is 14.2 Å². The molecule has 2 aromatic heterocycles. The summed E-state index contributed by atoms with van der Waals surface area (Å²) in [5.74, 6) is 1.57. The summed E-state index contributed by atoms with van der Waals surface area (Å²) in [5, 5.41) is 13.0. The maximum Gasteiger partial charge on any atom is 0.238 e. The van der Waals surface area contributed by atoms with Gasteiger partial charge in [-0.1, -0.05) is 19.0 Å². The van der Waals surface area contributed by atoms with E-state index in [1.54, 1.807) is 6.26 Å². The predicted octanol–water partition coefficient (Wildman–Crippen LogP) is 2.90. The van der Waals surface area contributed by atoms with Crippen molar-refractivity contribution in [2.75, 3.05) is 0 Å². The van der Waals surface area contributed by atoms with Gasteiger partial charge < -0.3 is 8.94 Å². The molecule has 2 atom stereocenters. The molecule has 0 radical (unpaired) electrons. The zero-order valence-electron chi connectivity index (χ0n) is 10.5. The third kappa shape index (κ3) is 1.39. The van der Waals surface area contributed by atoms with Gasteiger partial charge in [0.1, 0.15) is 0 Å². The fourth-order valence-electron chi connectivity index (χ4n) is 2.40. The number of hydrogen-bond donors (Lipinski definition) is 0. The molecule has 1 aliphatic carbocycles. The normalized spacial score (nSPS) is 24.8. The van der Waals surface area contributed by atoms with Crippen molar-refractivity contribution in [3.8, 4) is 17.7 Å². The molecule has 0 bridgehead atoms. The SMILES string of the molecule is Cc1ccoc1-c1noc(C2C(C#N)C2(C)C)n1. The summed E-state index contributed by atoms with van der Waals surface area (Å²) in [6.07, 6.45) is 1.60. The molecule has 2 aromatic rings. The lowest BCUT2D eigenvalue weighted by atomic mass is 10.1. The molecule has 2 unspecified atom stereocenters. The minimum Gasteiger partial charge on any atom is -0.461 e. The average Bonchev–Trinajstić information content (AvgIpc) is 2.76. The van der Waals surface area contributed by atoms with E-state index in [9.17, 15) is 0 Å². The molecule has 0 amide bonds. The topological polar surface area (TPSA) is 75.8 Å². The van der Waals surface area contributed by atoms with Gasteiger partial charge in [0.25, 0.3) is 0 Å². The van der Waals surface area contributed by atoms with E-state index < -0.39 is 0 Å². The molecular weight excluding hydrogens is 230 g/mol. The highest BCUT2D eigenvalue weighted by atomic mass is 16.5. The number of aryl methyl sites for hydroxylation is 1. The van der Waals surface area contributed by atoms with Crippen molar-refractivity contribution in [1.29, 1.82) is 5.26 Å². The first kappa shape index (κ1) is 11.0. The lowest BCUT2D eigenvalue weighted by Crippen LogP contribution is -1.90. The number of nitriles is 1.